The molecule has 1 atom stereocenters. The number of carbonyl (C=O) groups excluding carboxylic acids is 2. The van der Waals surface area contributed by atoms with Gasteiger partial charge in [-0.2, -0.15) is 0 Å². The van der Waals surface area contributed by atoms with Crippen molar-refractivity contribution in [3.63, 3.8) is 0 Å². The van der Waals surface area contributed by atoms with Crippen molar-refractivity contribution < 1.29 is 38.5 Å². The highest BCUT2D eigenvalue weighted by Gasteiger charge is 2.44. The second-order valence-corrected chi connectivity index (χ2v) is 9.72. The van der Waals surface area contributed by atoms with E-state index in [1.807, 2.05) is 31.2 Å². The molecule has 2 aromatic carbocycles. The predicted molar refractivity (Wildman–Crippen MR) is 137 cm³/mol. The lowest BCUT2D eigenvalue weighted by Gasteiger charge is -2.29. The minimum absolute atomic E-state index is 0.0435. The van der Waals surface area contributed by atoms with Crippen molar-refractivity contribution in [1.29, 1.82) is 0 Å². The molecule has 0 aliphatic carbocycles. The molecule has 9 heteroatoms. The number of ketones is 1. The Morgan fingerprint density at radius 1 is 1.05 bits per heavy atom. The van der Waals surface area contributed by atoms with Gasteiger partial charge in [-0.25, -0.2) is 0 Å². The van der Waals surface area contributed by atoms with E-state index >= 15 is 0 Å². The first-order chi connectivity index (χ1) is 18.6. The zero-order valence-corrected chi connectivity index (χ0v) is 21.7. The molecule has 1 amide bonds. The summed E-state index contributed by atoms with van der Waals surface area (Å²) in [5.41, 5.74) is 0.920. The molecule has 3 aliphatic heterocycles. The van der Waals surface area contributed by atoms with Gasteiger partial charge in [0.1, 0.15) is 32.1 Å². The molecule has 9 nitrogen and oxygen atoms in total. The van der Waals surface area contributed by atoms with Crippen LogP contribution in [0.5, 0.6) is 17.2 Å². The molecule has 0 saturated carbocycles. The molecule has 0 spiro atoms. The maximum Gasteiger partial charge on any atom is 0.295 e. The summed E-state index contributed by atoms with van der Waals surface area (Å²) in [6.07, 6.45) is 1.56. The van der Waals surface area contributed by atoms with Crippen LogP contribution in [0.2, 0.25) is 0 Å². The fourth-order valence-electron chi connectivity index (χ4n) is 5.19. The Balaban J connectivity index is 1.49. The summed E-state index contributed by atoms with van der Waals surface area (Å²) in [5.74, 6) is -0.236. The first-order valence-electron chi connectivity index (χ1n) is 13.4. The highest BCUT2D eigenvalue weighted by molar-refractivity contribution is 6.46. The summed E-state index contributed by atoms with van der Waals surface area (Å²) in [4.78, 5) is 29.6. The van der Waals surface area contributed by atoms with Crippen molar-refractivity contribution in [3.8, 4) is 17.2 Å². The molecule has 0 radical (unpaired) electrons. The first-order valence-corrected chi connectivity index (χ1v) is 13.4. The summed E-state index contributed by atoms with van der Waals surface area (Å²) < 4.78 is 22.5. The van der Waals surface area contributed by atoms with Crippen LogP contribution in [0.25, 0.3) is 5.76 Å². The number of hydrogen-bond acceptors (Lipinski definition) is 7. The highest BCUT2D eigenvalue weighted by Crippen LogP contribution is 2.41. The molecule has 1 unspecified atom stereocenters. The number of nitrogens with zero attached hydrogens (tertiary/aromatic N) is 1. The Bertz CT molecular complexity index is 1210. The Morgan fingerprint density at radius 2 is 1.84 bits per heavy atom. The van der Waals surface area contributed by atoms with Gasteiger partial charge in [0.15, 0.2) is 11.5 Å². The van der Waals surface area contributed by atoms with Gasteiger partial charge in [-0.05, 0) is 41.8 Å². The molecule has 5 rings (SSSR count). The fraction of sp³-hybridized carbons (Fsp3) is 0.448. The number of likely N-dealkylation sites (tertiary alicyclic amines) is 1. The number of benzene rings is 2. The lowest BCUT2D eigenvalue weighted by atomic mass is 9.95. The molecule has 0 bridgehead atoms. The second kappa shape index (κ2) is 11.9. The van der Waals surface area contributed by atoms with Crippen molar-refractivity contribution in [2.75, 3.05) is 59.2 Å². The number of ether oxygens (including phenoxy) is 4. The Hall–Kier alpha value is -3.56. The molecule has 202 valence electrons. The predicted octanol–water partition coefficient (Wildman–Crippen LogP) is 0.776. The van der Waals surface area contributed by atoms with Gasteiger partial charge in [-0.3, -0.25) is 9.59 Å². The summed E-state index contributed by atoms with van der Waals surface area (Å²) >= 11 is 0. The zero-order valence-electron chi connectivity index (χ0n) is 21.7. The highest BCUT2D eigenvalue weighted by atomic mass is 16.6. The van der Waals surface area contributed by atoms with Crippen molar-refractivity contribution in [2.45, 2.75) is 25.8 Å². The quantitative estimate of drug-likeness (QED) is 0.295. The number of amides is 1. The van der Waals surface area contributed by atoms with Crippen LogP contribution in [0, 0.1) is 0 Å². The number of carbonyl (C=O) groups is 2. The zero-order chi connectivity index (χ0) is 26.5. The average Bonchev–Trinajstić information content (AvgIpc) is 3.21. The Labute approximate surface area is 222 Å². The van der Waals surface area contributed by atoms with E-state index in [1.165, 1.54) is 4.90 Å². The van der Waals surface area contributed by atoms with Gasteiger partial charge in [-0.15, -0.1) is 0 Å². The van der Waals surface area contributed by atoms with E-state index in [0.717, 1.165) is 39.3 Å². The molecule has 2 saturated heterocycles. The maximum atomic E-state index is 13.8. The van der Waals surface area contributed by atoms with Crippen LogP contribution < -0.4 is 24.2 Å². The standard InChI is InChI=1S/C29H34N2O7/c1-2-13-36-22-6-3-5-20(18-22)26-25(27(32)21-7-8-23-24(19-21)38-17-16-37-23)28(33)29(34)31(26)10-4-9-30-11-14-35-15-12-30/h3,5-8,18-19,26,32H,2,4,9-17H2,1H3/b27-25+. The number of morpholine rings is 1. The third kappa shape index (κ3) is 5.49. The van der Waals surface area contributed by atoms with Gasteiger partial charge in [0.25, 0.3) is 5.91 Å². The lowest BCUT2D eigenvalue weighted by Crippen LogP contribution is -3.14. The smallest absolute Gasteiger partial charge is 0.295 e. The van der Waals surface area contributed by atoms with Crippen LogP contribution in [0.3, 0.4) is 0 Å². The molecule has 3 heterocycles. The maximum absolute atomic E-state index is 13.8. The molecule has 3 aliphatic rings. The Morgan fingerprint density at radius 3 is 2.63 bits per heavy atom. The van der Waals surface area contributed by atoms with Crippen molar-refractivity contribution in [1.82, 2.24) is 4.90 Å². The fourth-order valence-corrected chi connectivity index (χ4v) is 5.19. The van der Waals surface area contributed by atoms with E-state index < -0.39 is 23.5 Å². The third-order valence-electron chi connectivity index (χ3n) is 7.11. The van der Waals surface area contributed by atoms with E-state index in [-0.39, 0.29) is 11.1 Å². The van der Waals surface area contributed by atoms with Crippen LogP contribution >= 0.6 is 0 Å². The van der Waals surface area contributed by atoms with E-state index in [9.17, 15) is 14.7 Å². The van der Waals surface area contributed by atoms with Crippen molar-refractivity contribution in [3.05, 3.63) is 59.2 Å². The van der Waals surface area contributed by atoms with Crippen LogP contribution in [0.4, 0.5) is 0 Å². The number of hydrogen-bond donors (Lipinski definition) is 1. The average molecular weight is 523 g/mol. The Kier molecular flexibility index (Phi) is 8.14. The minimum Gasteiger partial charge on any atom is -0.872 e. The number of quaternary nitrogens is 1. The van der Waals surface area contributed by atoms with Crippen LogP contribution in [-0.4, -0.2) is 75.8 Å². The molecule has 2 fully saturated rings. The lowest BCUT2D eigenvalue weighted by molar-refractivity contribution is -0.908. The van der Waals surface area contributed by atoms with Gasteiger partial charge in [-0.1, -0.05) is 30.9 Å². The van der Waals surface area contributed by atoms with E-state index in [1.54, 1.807) is 23.1 Å². The molecule has 2 aromatic rings. The van der Waals surface area contributed by atoms with Crippen molar-refractivity contribution >= 4 is 17.4 Å². The molecular formula is C29H34N2O7. The third-order valence-corrected chi connectivity index (χ3v) is 7.11. The summed E-state index contributed by atoms with van der Waals surface area (Å²) in [7, 11) is 0. The van der Waals surface area contributed by atoms with Crippen LogP contribution in [0.1, 0.15) is 36.9 Å². The summed E-state index contributed by atoms with van der Waals surface area (Å²) in [6.45, 7) is 7.92. The van der Waals surface area contributed by atoms with E-state index in [2.05, 4.69) is 0 Å². The normalized spacial score (nSPS) is 21.1. The molecular weight excluding hydrogens is 488 g/mol. The number of nitrogens with one attached hydrogen (secondary N) is 1. The van der Waals surface area contributed by atoms with E-state index in [0.29, 0.717) is 55.6 Å². The summed E-state index contributed by atoms with van der Waals surface area (Å²) in [5, 5.41) is 13.8. The van der Waals surface area contributed by atoms with Crippen LogP contribution in [-0.2, 0) is 14.3 Å². The number of rotatable bonds is 9. The molecule has 0 aromatic heterocycles. The van der Waals surface area contributed by atoms with Crippen molar-refractivity contribution in [2.24, 2.45) is 0 Å². The first kappa shape index (κ1) is 26.1. The largest absolute Gasteiger partial charge is 0.872 e. The van der Waals surface area contributed by atoms with E-state index in [4.69, 9.17) is 18.9 Å². The van der Waals surface area contributed by atoms with Gasteiger partial charge in [0.05, 0.1) is 32.4 Å². The summed E-state index contributed by atoms with van der Waals surface area (Å²) in [6, 6.07) is 11.4. The monoisotopic (exact) mass is 522 g/mol. The van der Waals surface area contributed by atoms with Crippen LogP contribution in [0.15, 0.2) is 48.0 Å². The molecule has 1 N–H and O–H groups in total. The minimum atomic E-state index is -0.791. The van der Waals surface area contributed by atoms with Gasteiger partial charge < -0.3 is 33.9 Å². The van der Waals surface area contributed by atoms with Gasteiger partial charge >= 0.3 is 0 Å². The second-order valence-electron chi connectivity index (χ2n) is 9.72. The number of Topliss-reactive ketones (excluding diaryl/α,β-unsaturated/α-hetero) is 1. The topological polar surface area (TPSA) is 102 Å². The van der Waals surface area contributed by atoms with Gasteiger partial charge in [0.2, 0.25) is 5.78 Å². The SMILES string of the molecule is CCCOc1cccc(C2/C(=C(\[O-])c3ccc4c(c3)OCCO4)C(=O)C(=O)N2CCC[NH+]2CCOCC2)c1. The van der Waals surface area contributed by atoms with Gasteiger partial charge in [0, 0.05) is 18.5 Å². The number of fused-ring (bicyclic) bond motifs is 1. The molecule has 38 heavy (non-hydrogen) atoms.